The first-order valence-electron chi connectivity index (χ1n) is 13.8. The van der Waals surface area contributed by atoms with Crippen LogP contribution in [-0.4, -0.2) is 56.0 Å². The third kappa shape index (κ3) is 7.13. The maximum absolute atomic E-state index is 13.5. The molecule has 0 aliphatic heterocycles. The molecule has 6 nitrogen and oxygen atoms in total. The predicted molar refractivity (Wildman–Crippen MR) is 147 cm³/mol. The van der Waals surface area contributed by atoms with Crippen LogP contribution >= 0.6 is 0 Å². The summed E-state index contributed by atoms with van der Waals surface area (Å²) in [6.45, 7) is 4.02. The second-order valence-electron chi connectivity index (χ2n) is 10.9. The number of carbonyl (C=O) groups excluding carboxylic acids is 2. The van der Waals surface area contributed by atoms with E-state index in [1.165, 1.54) is 84.1 Å². The average molecular weight is 511 g/mol. The Morgan fingerprint density at radius 3 is 1.92 bits per heavy atom. The van der Waals surface area contributed by atoms with Crippen LogP contribution in [0.1, 0.15) is 109 Å². The van der Waals surface area contributed by atoms with Gasteiger partial charge in [0.1, 0.15) is 23.8 Å². The number of fused-ring (bicyclic) bond motifs is 2. The van der Waals surface area contributed by atoms with Crippen molar-refractivity contribution in [3.05, 3.63) is 52.1 Å². The van der Waals surface area contributed by atoms with E-state index >= 15 is 0 Å². The third-order valence-electron chi connectivity index (χ3n) is 7.38. The minimum absolute atomic E-state index is 0.00132. The Labute approximate surface area is 222 Å². The van der Waals surface area contributed by atoms with Gasteiger partial charge < -0.3 is 19.1 Å². The molecule has 0 bridgehead atoms. The normalized spacial score (nSPS) is 12.9. The minimum atomic E-state index is -0.410. The van der Waals surface area contributed by atoms with Gasteiger partial charge in [0, 0.05) is 22.8 Å². The third-order valence-corrected chi connectivity index (χ3v) is 7.38. The Morgan fingerprint density at radius 1 is 0.730 bits per heavy atom. The predicted octanol–water partition coefficient (Wildman–Crippen LogP) is 6.68. The molecule has 0 atom stereocenters. The molecule has 0 saturated carbocycles. The number of ketones is 2. The number of carbonyl (C=O) groups is 2. The number of benzene rings is 2. The molecule has 1 aliphatic rings. The van der Waals surface area contributed by atoms with Crippen molar-refractivity contribution in [3.63, 3.8) is 0 Å². The highest BCUT2D eigenvalue weighted by atomic mass is 16.5. The van der Waals surface area contributed by atoms with Gasteiger partial charge in [-0.05, 0) is 31.0 Å². The molecular weight excluding hydrogens is 466 g/mol. The summed E-state index contributed by atoms with van der Waals surface area (Å²) in [6.07, 6.45) is 13.1. The van der Waals surface area contributed by atoms with Crippen molar-refractivity contribution in [1.29, 1.82) is 0 Å². The maximum Gasteiger partial charge on any atom is 0.201 e. The van der Waals surface area contributed by atoms with Crippen molar-refractivity contribution < 1.29 is 28.7 Å². The summed E-state index contributed by atoms with van der Waals surface area (Å²) < 4.78 is 11.6. The lowest BCUT2D eigenvalue weighted by atomic mass is 9.82. The maximum atomic E-state index is 13.5. The molecule has 0 fully saturated rings. The van der Waals surface area contributed by atoms with Crippen LogP contribution in [0, 0.1) is 0 Å². The number of hydrogen-bond donors (Lipinski definition) is 1. The molecule has 1 N–H and O–H groups in total. The molecule has 0 saturated heterocycles. The quantitative estimate of drug-likeness (QED) is 0.182. The van der Waals surface area contributed by atoms with E-state index in [1.807, 2.05) is 12.1 Å². The molecule has 37 heavy (non-hydrogen) atoms. The summed E-state index contributed by atoms with van der Waals surface area (Å²) in [5, 5.41) is 10.5. The second kappa shape index (κ2) is 13.1. The number of ether oxygens (including phenoxy) is 2. The molecule has 3 rings (SSSR count). The fourth-order valence-electron chi connectivity index (χ4n) is 5.35. The van der Waals surface area contributed by atoms with Crippen LogP contribution in [0.4, 0.5) is 0 Å². The SMILES string of the molecule is CCCCCCCCCCCC[N+](C)(C)Cc1cc(OC)c2c(c1)C(=O)c1cc(OC)cc(O)c1C2=O. The van der Waals surface area contributed by atoms with Crippen molar-refractivity contribution >= 4 is 11.6 Å². The highest BCUT2D eigenvalue weighted by molar-refractivity contribution is 6.30. The van der Waals surface area contributed by atoms with Gasteiger partial charge in [-0.25, -0.2) is 0 Å². The zero-order valence-corrected chi connectivity index (χ0v) is 23.3. The van der Waals surface area contributed by atoms with Crippen molar-refractivity contribution in [2.75, 3.05) is 34.9 Å². The highest BCUT2D eigenvalue weighted by Gasteiger charge is 2.36. The van der Waals surface area contributed by atoms with Crippen molar-refractivity contribution in [3.8, 4) is 17.2 Å². The molecule has 0 unspecified atom stereocenters. The van der Waals surface area contributed by atoms with E-state index in [0.29, 0.717) is 17.1 Å². The molecule has 202 valence electrons. The molecule has 0 aromatic heterocycles. The van der Waals surface area contributed by atoms with Gasteiger partial charge in [0.2, 0.25) is 5.78 Å². The summed E-state index contributed by atoms with van der Waals surface area (Å²) in [5.74, 6) is -0.283. The summed E-state index contributed by atoms with van der Waals surface area (Å²) >= 11 is 0. The number of quaternary nitrogens is 1. The van der Waals surface area contributed by atoms with Crippen LogP contribution in [0.25, 0.3) is 0 Å². The number of hydrogen-bond acceptors (Lipinski definition) is 5. The van der Waals surface area contributed by atoms with Crippen LogP contribution in [0.3, 0.4) is 0 Å². The van der Waals surface area contributed by atoms with E-state index in [2.05, 4.69) is 21.0 Å². The summed E-state index contributed by atoms with van der Waals surface area (Å²) in [7, 11) is 7.36. The van der Waals surface area contributed by atoms with Gasteiger partial charge in [0.15, 0.2) is 5.78 Å². The zero-order valence-electron chi connectivity index (χ0n) is 23.3. The first kappa shape index (κ1) is 28.7. The molecule has 1 aliphatic carbocycles. The monoisotopic (exact) mass is 510 g/mol. The van der Waals surface area contributed by atoms with Gasteiger partial charge in [0.05, 0.1) is 46.0 Å². The summed E-state index contributed by atoms with van der Waals surface area (Å²) in [5.41, 5.74) is 1.64. The van der Waals surface area contributed by atoms with E-state index in [9.17, 15) is 14.7 Å². The highest BCUT2D eigenvalue weighted by Crippen LogP contribution is 2.40. The zero-order chi connectivity index (χ0) is 27.0. The lowest BCUT2D eigenvalue weighted by molar-refractivity contribution is -0.903. The lowest BCUT2D eigenvalue weighted by Gasteiger charge is -2.31. The lowest BCUT2D eigenvalue weighted by Crippen LogP contribution is -2.39. The first-order valence-corrected chi connectivity index (χ1v) is 13.8. The van der Waals surface area contributed by atoms with E-state index in [1.54, 1.807) is 0 Å². The molecule has 2 aromatic rings. The Balaban J connectivity index is 1.65. The first-order chi connectivity index (χ1) is 17.7. The van der Waals surface area contributed by atoms with Crippen molar-refractivity contribution in [2.24, 2.45) is 0 Å². The number of phenols is 1. The fourth-order valence-corrected chi connectivity index (χ4v) is 5.35. The standard InChI is InChI=1S/C31H43NO5/c1-6-7-8-9-10-11-12-13-14-15-16-32(2,3)21-22-17-24-29(27(18-22)37-5)31(35)28-25(30(24)34)19-23(36-4)20-26(28)33/h17-20H,6-16,21H2,1-5H3/p+1. The number of aromatic hydroxyl groups is 1. The van der Waals surface area contributed by atoms with Gasteiger partial charge in [-0.1, -0.05) is 58.3 Å². The molecule has 0 radical (unpaired) electrons. The molecule has 0 amide bonds. The molecule has 6 heteroatoms. The van der Waals surface area contributed by atoms with E-state index in [-0.39, 0.29) is 28.2 Å². The van der Waals surface area contributed by atoms with Crippen LogP contribution in [0.2, 0.25) is 0 Å². The fraction of sp³-hybridized carbons (Fsp3) is 0.548. The molecule has 0 heterocycles. The van der Waals surface area contributed by atoms with Gasteiger partial charge >= 0.3 is 0 Å². The molecule has 2 aromatic carbocycles. The topological polar surface area (TPSA) is 72.8 Å². The number of nitrogens with zero attached hydrogens (tertiary/aromatic N) is 1. The van der Waals surface area contributed by atoms with E-state index < -0.39 is 5.78 Å². The minimum Gasteiger partial charge on any atom is -0.507 e. The number of methoxy groups -OCH3 is 2. The van der Waals surface area contributed by atoms with Crippen LogP contribution in [0.5, 0.6) is 17.2 Å². The van der Waals surface area contributed by atoms with Crippen LogP contribution in [-0.2, 0) is 6.54 Å². The van der Waals surface area contributed by atoms with Gasteiger partial charge in [-0.15, -0.1) is 0 Å². The van der Waals surface area contributed by atoms with Gasteiger partial charge in [-0.3, -0.25) is 9.59 Å². The summed E-state index contributed by atoms with van der Waals surface area (Å²) in [6, 6.07) is 6.54. The van der Waals surface area contributed by atoms with Crippen LogP contribution < -0.4 is 9.47 Å². The van der Waals surface area contributed by atoms with E-state index in [0.717, 1.165) is 29.6 Å². The summed E-state index contributed by atoms with van der Waals surface area (Å²) in [4.78, 5) is 26.8. The Hall–Kier alpha value is -2.86. The number of rotatable bonds is 15. The Bertz CT molecular complexity index is 1110. The van der Waals surface area contributed by atoms with Gasteiger partial charge in [-0.2, -0.15) is 0 Å². The van der Waals surface area contributed by atoms with E-state index in [4.69, 9.17) is 9.47 Å². The van der Waals surface area contributed by atoms with Gasteiger partial charge in [0.25, 0.3) is 0 Å². The Morgan fingerprint density at radius 2 is 1.32 bits per heavy atom. The van der Waals surface area contributed by atoms with Crippen molar-refractivity contribution in [1.82, 2.24) is 0 Å². The number of unbranched alkanes of at least 4 members (excludes halogenated alkanes) is 9. The van der Waals surface area contributed by atoms with Crippen molar-refractivity contribution in [2.45, 2.75) is 77.7 Å². The number of phenolic OH excluding ortho intramolecular Hbond substituents is 1. The molecular formula is C31H44NO5+. The van der Waals surface area contributed by atoms with Crippen LogP contribution in [0.15, 0.2) is 24.3 Å². The largest absolute Gasteiger partial charge is 0.507 e. The smallest absolute Gasteiger partial charge is 0.201 e. The Kier molecular flexibility index (Phi) is 10.2. The second-order valence-corrected chi connectivity index (χ2v) is 10.9. The molecule has 0 spiro atoms. The average Bonchev–Trinajstić information content (AvgIpc) is 2.87.